The molecular formula is C15H12F3NO. The molecule has 0 aliphatic carbocycles. The summed E-state index contributed by atoms with van der Waals surface area (Å²) in [5.41, 5.74) is 0.403. The summed E-state index contributed by atoms with van der Waals surface area (Å²) in [6.07, 6.45) is -0.103. The van der Waals surface area contributed by atoms with Gasteiger partial charge >= 0.3 is 0 Å². The summed E-state index contributed by atoms with van der Waals surface area (Å²) in [6, 6.07) is 6.93. The van der Waals surface area contributed by atoms with E-state index in [1.807, 2.05) is 0 Å². The predicted molar refractivity (Wildman–Crippen MR) is 69.5 cm³/mol. The molecule has 0 atom stereocenters. The Morgan fingerprint density at radius 3 is 2.45 bits per heavy atom. The highest BCUT2D eigenvalue weighted by Crippen LogP contribution is 2.25. The number of halogens is 3. The van der Waals surface area contributed by atoms with Crippen LogP contribution >= 0.6 is 0 Å². The zero-order valence-electron chi connectivity index (χ0n) is 10.7. The van der Waals surface area contributed by atoms with E-state index in [1.54, 1.807) is 0 Å². The number of nitrogens with one attached hydrogen (secondary N) is 1. The molecular weight excluding hydrogens is 267 g/mol. The third-order valence-electron chi connectivity index (χ3n) is 2.92. The van der Waals surface area contributed by atoms with Crippen LogP contribution in [0.2, 0.25) is 0 Å². The largest absolute Gasteiger partial charge is 0.359 e. The number of hydrogen-bond acceptors (Lipinski definition) is 1. The van der Waals surface area contributed by atoms with Gasteiger partial charge in [-0.05, 0) is 35.4 Å². The van der Waals surface area contributed by atoms with Crippen molar-refractivity contribution in [2.75, 3.05) is 7.05 Å². The van der Waals surface area contributed by atoms with Crippen molar-refractivity contribution < 1.29 is 18.0 Å². The van der Waals surface area contributed by atoms with Crippen LogP contribution in [-0.4, -0.2) is 13.0 Å². The van der Waals surface area contributed by atoms with Gasteiger partial charge in [0.25, 0.3) is 0 Å². The van der Waals surface area contributed by atoms with Gasteiger partial charge in [0.1, 0.15) is 17.5 Å². The third-order valence-corrected chi connectivity index (χ3v) is 2.92. The van der Waals surface area contributed by atoms with Crippen molar-refractivity contribution in [2.45, 2.75) is 6.42 Å². The number of benzene rings is 2. The van der Waals surface area contributed by atoms with Gasteiger partial charge < -0.3 is 5.32 Å². The molecule has 0 fully saturated rings. The topological polar surface area (TPSA) is 29.1 Å². The Bertz CT molecular complexity index is 656. The molecule has 2 aromatic carbocycles. The molecule has 1 N–H and O–H groups in total. The van der Waals surface area contributed by atoms with Gasteiger partial charge in [-0.25, -0.2) is 13.2 Å². The first-order valence-corrected chi connectivity index (χ1v) is 5.95. The van der Waals surface area contributed by atoms with Crippen molar-refractivity contribution in [1.29, 1.82) is 0 Å². The van der Waals surface area contributed by atoms with E-state index in [9.17, 15) is 18.0 Å². The van der Waals surface area contributed by atoms with E-state index in [1.165, 1.54) is 19.2 Å². The van der Waals surface area contributed by atoms with Crippen LogP contribution in [0.15, 0.2) is 36.4 Å². The molecule has 0 saturated carbocycles. The van der Waals surface area contributed by atoms with Gasteiger partial charge in [0.2, 0.25) is 5.91 Å². The smallest absolute Gasteiger partial charge is 0.224 e. The lowest BCUT2D eigenvalue weighted by Gasteiger charge is -2.07. The molecule has 1 amide bonds. The SMILES string of the molecule is CNC(=O)Cc1ccc(-c2cc(F)ccc2F)cc1F. The van der Waals surface area contributed by atoms with Gasteiger partial charge in [-0.15, -0.1) is 0 Å². The van der Waals surface area contributed by atoms with Crippen molar-refractivity contribution in [3.8, 4) is 11.1 Å². The maximum Gasteiger partial charge on any atom is 0.224 e. The fraction of sp³-hybridized carbons (Fsp3) is 0.133. The molecule has 104 valence electrons. The summed E-state index contributed by atoms with van der Waals surface area (Å²) >= 11 is 0. The highest BCUT2D eigenvalue weighted by molar-refractivity contribution is 5.78. The van der Waals surface area contributed by atoms with Gasteiger partial charge in [0, 0.05) is 12.6 Å². The van der Waals surface area contributed by atoms with E-state index in [-0.39, 0.29) is 29.0 Å². The van der Waals surface area contributed by atoms with E-state index in [2.05, 4.69) is 5.32 Å². The van der Waals surface area contributed by atoms with Crippen LogP contribution in [0.5, 0.6) is 0 Å². The van der Waals surface area contributed by atoms with Crippen molar-refractivity contribution in [2.24, 2.45) is 0 Å². The molecule has 0 saturated heterocycles. The van der Waals surface area contributed by atoms with Crippen molar-refractivity contribution in [3.05, 3.63) is 59.4 Å². The van der Waals surface area contributed by atoms with Gasteiger partial charge in [-0.3, -0.25) is 4.79 Å². The molecule has 0 spiro atoms. The average molecular weight is 279 g/mol. The fourth-order valence-corrected chi connectivity index (χ4v) is 1.84. The summed E-state index contributed by atoms with van der Waals surface area (Å²) in [5.74, 6) is -2.19. The van der Waals surface area contributed by atoms with Crippen LogP contribution in [-0.2, 0) is 11.2 Å². The molecule has 2 nitrogen and oxygen atoms in total. The Morgan fingerprint density at radius 2 is 1.80 bits per heavy atom. The van der Waals surface area contributed by atoms with Crippen LogP contribution in [0.1, 0.15) is 5.56 Å². The number of carbonyl (C=O) groups is 1. The van der Waals surface area contributed by atoms with Crippen LogP contribution in [0, 0.1) is 17.5 Å². The Balaban J connectivity index is 2.38. The first-order chi connectivity index (χ1) is 9.51. The number of carbonyl (C=O) groups excluding carboxylic acids is 1. The third kappa shape index (κ3) is 2.99. The Hall–Kier alpha value is -2.30. The van der Waals surface area contributed by atoms with Crippen LogP contribution < -0.4 is 5.32 Å². The van der Waals surface area contributed by atoms with Crippen LogP contribution in [0.3, 0.4) is 0 Å². The van der Waals surface area contributed by atoms with E-state index < -0.39 is 17.5 Å². The van der Waals surface area contributed by atoms with E-state index >= 15 is 0 Å². The Labute approximate surface area is 114 Å². The van der Waals surface area contributed by atoms with Gasteiger partial charge in [-0.2, -0.15) is 0 Å². The minimum absolute atomic E-state index is 0.0182. The molecule has 0 unspecified atom stereocenters. The number of likely N-dealkylation sites (N-methyl/N-ethyl adjacent to an activating group) is 1. The molecule has 0 aliphatic heterocycles. The molecule has 5 heteroatoms. The molecule has 2 aromatic rings. The maximum absolute atomic E-state index is 13.9. The summed E-state index contributed by atoms with van der Waals surface area (Å²) in [5, 5.41) is 2.39. The lowest BCUT2D eigenvalue weighted by Crippen LogP contribution is -2.20. The van der Waals surface area contributed by atoms with Gasteiger partial charge in [-0.1, -0.05) is 12.1 Å². The summed E-state index contributed by atoms with van der Waals surface area (Å²) < 4.78 is 40.6. The first-order valence-electron chi connectivity index (χ1n) is 5.95. The van der Waals surface area contributed by atoms with E-state index in [4.69, 9.17) is 0 Å². The average Bonchev–Trinajstić information content (AvgIpc) is 2.43. The standard InChI is InChI=1S/C15H12F3NO/c1-19-15(20)7-10-3-2-9(6-14(10)18)12-8-11(16)4-5-13(12)17/h2-6,8H,7H2,1H3,(H,19,20). The van der Waals surface area contributed by atoms with Gasteiger partial charge in [0.05, 0.1) is 6.42 Å². The highest BCUT2D eigenvalue weighted by atomic mass is 19.1. The Morgan fingerprint density at radius 1 is 1.05 bits per heavy atom. The quantitative estimate of drug-likeness (QED) is 0.919. The predicted octanol–water partition coefficient (Wildman–Crippen LogP) is 3.06. The number of amides is 1. The minimum Gasteiger partial charge on any atom is -0.359 e. The molecule has 0 radical (unpaired) electrons. The second-order valence-electron chi connectivity index (χ2n) is 4.28. The first kappa shape index (κ1) is 14.1. The zero-order chi connectivity index (χ0) is 14.7. The van der Waals surface area contributed by atoms with E-state index in [0.717, 1.165) is 24.3 Å². The number of hydrogen-bond donors (Lipinski definition) is 1. The lowest BCUT2D eigenvalue weighted by atomic mass is 10.0. The van der Waals surface area contributed by atoms with Crippen molar-refractivity contribution in [3.63, 3.8) is 0 Å². The molecule has 0 bridgehead atoms. The second kappa shape index (κ2) is 5.77. The lowest BCUT2D eigenvalue weighted by molar-refractivity contribution is -0.120. The fourth-order valence-electron chi connectivity index (χ4n) is 1.84. The van der Waals surface area contributed by atoms with Crippen LogP contribution in [0.4, 0.5) is 13.2 Å². The Kier molecular flexibility index (Phi) is 4.08. The van der Waals surface area contributed by atoms with Crippen LogP contribution in [0.25, 0.3) is 11.1 Å². The molecule has 0 aliphatic rings. The summed E-state index contributed by atoms with van der Waals surface area (Å²) in [4.78, 5) is 11.2. The normalized spacial score (nSPS) is 10.4. The second-order valence-corrected chi connectivity index (χ2v) is 4.28. The zero-order valence-corrected chi connectivity index (χ0v) is 10.7. The highest BCUT2D eigenvalue weighted by Gasteiger charge is 2.11. The number of rotatable bonds is 3. The maximum atomic E-state index is 13.9. The molecule has 0 heterocycles. The monoisotopic (exact) mass is 279 g/mol. The van der Waals surface area contributed by atoms with Crippen molar-refractivity contribution >= 4 is 5.91 Å². The van der Waals surface area contributed by atoms with Crippen molar-refractivity contribution in [1.82, 2.24) is 5.32 Å². The molecule has 2 rings (SSSR count). The molecule has 0 aromatic heterocycles. The molecule has 20 heavy (non-hydrogen) atoms. The summed E-state index contributed by atoms with van der Waals surface area (Å²) in [7, 11) is 1.46. The van der Waals surface area contributed by atoms with E-state index in [0.29, 0.717) is 0 Å². The minimum atomic E-state index is -0.634. The van der Waals surface area contributed by atoms with Gasteiger partial charge in [0.15, 0.2) is 0 Å². The summed E-state index contributed by atoms with van der Waals surface area (Å²) in [6.45, 7) is 0.